The molecule has 3 saturated heterocycles. The molecule has 0 amide bonds. The van der Waals surface area contributed by atoms with Crippen LogP contribution in [0.2, 0.25) is 0 Å². The number of pyridine rings is 3. The van der Waals surface area contributed by atoms with Crippen molar-refractivity contribution in [1.82, 2.24) is 19.9 Å². The average Bonchev–Trinajstić information content (AvgIpc) is 2.96. The van der Waals surface area contributed by atoms with Crippen LogP contribution in [0.15, 0.2) is 55.1 Å². The van der Waals surface area contributed by atoms with Gasteiger partial charge in [0, 0.05) is 74.0 Å². The van der Waals surface area contributed by atoms with E-state index in [0.29, 0.717) is 30.2 Å². The fourth-order valence-electron chi connectivity index (χ4n) is 5.07. The molecule has 2 bridgehead atoms. The summed E-state index contributed by atoms with van der Waals surface area (Å²) in [5, 5.41) is 21.8. The molecule has 10 nitrogen and oxygen atoms in total. The van der Waals surface area contributed by atoms with Gasteiger partial charge in [0.05, 0.1) is 36.9 Å². The van der Waals surface area contributed by atoms with Crippen molar-refractivity contribution in [3.8, 4) is 23.1 Å². The number of anilines is 2. The van der Waals surface area contributed by atoms with Gasteiger partial charge in [-0.25, -0.2) is 9.97 Å². The molecule has 3 fully saturated rings. The van der Waals surface area contributed by atoms with E-state index in [9.17, 15) is 5.26 Å². The number of nitrogens with one attached hydrogen (secondary N) is 1. The maximum atomic E-state index is 9.52. The Morgan fingerprint density at radius 2 is 2.03 bits per heavy atom. The van der Waals surface area contributed by atoms with Crippen LogP contribution in [-0.2, 0) is 6.54 Å². The van der Waals surface area contributed by atoms with Gasteiger partial charge in [0.25, 0.3) is 0 Å². The minimum Gasteiger partial charge on any atom is -0.481 e. The highest BCUT2D eigenvalue weighted by molar-refractivity contribution is 5.86. The highest BCUT2D eigenvalue weighted by Crippen LogP contribution is 2.36. The third-order valence-corrected chi connectivity index (χ3v) is 6.97. The molecule has 3 aromatic heterocycles. The van der Waals surface area contributed by atoms with Gasteiger partial charge in [0.2, 0.25) is 5.88 Å². The molecule has 6 heterocycles. The van der Waals surface area contributed by atoms with E-state index in [2.05, 4.69) is 37.2 Å². The number of ether oxygens (including phenoxy) is 1. The molecule has 190 valence electrons. The molecule has 3 aliphatic rings. The second kappa shape index (κ2) is 10.8. The monoisotopic (exact) mass is 498 g/mol. The van der Waals surface area contributed by atoms with E-state index >= 15 is 0 Å². The molecule has 37 heavy (non-hydrogen) atoms. The van der Waals surface area contributed by atoms with Crippen LogP contribution >= 0.6 is 0 Å². The Bertz CT molecular complexity index is 1290. The number of piperazine rings is 1. The fourth-order valence-corrected chi connectivity index (χ4v) is 5.07. The Labute approximate surface area is 216 Å². The van der Waals surface area contributed by atoms with Gasteiger partial charge in [-0.3, -0.25) is 9.88 Å². The fraction of sp³-hybridized carbons (Fsp3) is 0.333. The molecule has 3 aromatic rings. The van der Waals surface area contributed by atoms with E-state index in [1.807, 2.05) is 36.7 Å². The standard InChI is InChI=1S/C27H30N8O2/c1-37-26-5-2-18(12-32-26)15-35-22-9-23(35)17-34(16-22)25-4-3-19(13-31-25)24-8-21(30-6-7-36)14-33-27(24)20(10-28)11-29/h2-5,8,10,12-14,22-23,30,36H,6-7,9,15-17,28H2,1H3. The number of nitriles is 1. The van der Waals surface area contributed by atoms with Crippen LogP contribution in [0.5, 0.6) is 5.88 Å². The van der Waals surface area contributed by atoms with Crippen molar-refractivity contribution in [3.63, 3.8) is 0 Å². The zero-order valence-electron chi connectivity index (χ0n) is 20.7. The van der Waals surface area contributed by atoms with Gasteiger partial charge in [-0.2, -0.15) is 5.26 Å². The molecular weight excluding hydrogens is 468 g/mol. The van der Waals surface area contributed by atoms with Crippen LogP contribution < -0.4 is 20.7 Å². The first-order valence-electron chi connectivity index (χ1n) is 12.3. The predicted molar refractivity (Wildman–Crippen MR) is 142 cm³/mol. The van der Waals surface area contributed by atoms with Crippen LogP contribution in [0.1, 0.15) is 17.7 Å². The molecule has 2 atom stereocenters. The molecule has 0 radical (unpaired) electrons. The second-order valence-electron chi connectivity index (χ2n) is 9.20. The maximum Gasteiger partial charge on any atom is 0.212 e. The third kappa shape index (κ3) is 5.05. The lowest BCUT2D eigenvalue weighted by molar-refractivity contribution is -0.00876. The van der Waals surface area contributed by atoms with Gasteiger partial charge in [-0.15, -0.1) is 0 Å². The molecule has 3 aliphatic heterocycles. The zero-order valence-corrected chi connectivity index (χ0v) is 20.7. The normalized spacial score (nSPS) is 19.2. The maximum absolute atomic E-state index is 9.52. The summed E-state index contributed by atoms with van der Waals surface area (Å²) < 4.78 is 5.16. The lowest BCUT2D eigenvalue weighted by Crippen LogP contribution is -2.68. The summed E-state index contributed by atoms with van der Waals surface area (Å²) in [5.74, 6) is 1.57. The number of aromatic nitrogens is 3. The first-order valence-corrected chi connectivity index (χ1v) is 12.3. The molecule has 0 spiro atoms. The van der Waals surface area contributed by atoms with Crippen LogP contribution in [0.3, 0.4) is 0 Å². The Morgan fingerprint density at radius 3 is 2.65 bits per heavy atom. The number of nitrogens with zero attached hydrogens (tertiary/aromatic N) is 6. The Hall–Kier alpha value is -4.20. The largest absolute Gasteiger partial charge is 0.481 e. The van der Waals surface area contributed by atoms with Gasteiger partial charge >= 0.3 is 0 Å². The number of rotatable bonds is 9. The Kier molecular flexibility index (Phi) is 7.16. The minimum atomic E-state index is 0.00568. The molecule has 0 aliphatic carbocycles. The molecular formula is C27H30N8O2. The molecule has 10 heteroatoms. The van der Waals surface area contributed by atoms with Crippen LogP contribution in [0, 0.1) is 11.3 Å². The highest BCUT2D eigenvalue weighted by atomic mass is 16.5. The second-order valence-corrected chi connectivity index (χ2v) is 9.20. The summed E-state index contributed by atoms with van der Waals surface area (Å²) in [6.45, 7) is 3.14. The smallest absolute Gasteiger partial charge is 0.212 e. The van der Waals surface area contributed by atoms with Crippen molar-refractivity contribution in [3.05, 3.63) is 66.4 Å². The number of fused-ring (bicyclic) bond motifs is 2. The van der Waals surface area contributed by atoms with E-state index in [4.69, 9.17) is 20.6 Å². The zero-order chi connectivity index (χ0) is 25.8. The number of piperidine rings is 1. The van der Waals surface area contributed by atoms with Gasteiger partial charge in [-0.05, 0) is 30.2 Å². The van der Waals surface area contributed by atoms with Crippen LogP contribution in [0.4, 0.5) is 11.5 Å². The number of aliphatic hydroxyl groups is 1. The van der Waals surface area contributed by atoms with Crippen LogP contribution in [0.25, 0.3) is 16.7 Å². The van der Waals surface area contributed by atoms with E-state index in [-0.39, 0.29) is 12.2 Å². The van der Waals surface area contributed by atoms with Gasteiger partial charge in [0.15, 0.2) is 0 Å². The Morgan fingerprint density at radius 1 is 1.19 bits per heavy atom. The van der Waals surface area contributed by atoms with Crippen molar-refractivity contribution < 1.29 is 9.84 Å². The number of methoxy groups -OCH3 is 1. The summed E-state index contributed by atoms with van der Waals surface area (Å²) >= 11 is 0. The van der Waals surface area contributed by atoms with Gasteiger partial charge in [0.1, 0.15) is 11.9 Å². The van der Waals surface area contributed by atoms with Crippen molar-refractivity contribution >= 4 is 17.1 Å². The Balaban J connectivity index is 1.30. The van der Waals surface area contributed by atoms with Crippen molar-refractivity contribution in [1.29, 1.82) is 5.26 Å². The quantitative estimate of drug-likeness (QED) is 0.377. The minimum absolute atomic E-state index is 0.00568. The third-order valence-electron chi connectivity index (χ3n) is 6.97. The summed E-state index contributed by atoms with van der Waals surface area (Å²) in [4.78, 5) is 18.4. The SMILES string of the molecule is COc1ccc(CN2C3CC2CN(c2ccc(-c4cc(NCCO)cnc4C(C#N)=CN)cn2)C3)cn1. The lowest BCUT2D eigenvalue weighted by Gasteiger charge is -2.56. The highest BCUT2D eigenvalue weighted by Gasteiger charge is 2.44. The van der Waals surface area contributed by atoms with Crippen molar-refractivity contribution in [2.75, 3.05) is 43.6 Å². The lowest BCUT2D eigenvalue weighted by atomic mass is 9.87. The summed E-state index contributed by atoms with van der Waals surface area (Å²) in [5.41, 5.74) is 9.99. The number of hydrogen-bond acceptors (Lipinski definition) is 10. The van der Waals surface area contributed by atoms with E-state index in [1.54, 1.807) is 13.3 Å². The molecule has 0 saturated carbocycles. The number of hydrogen-bond donors (Lipinski definition) is 3. The van der Waals surface area contributed by atoms with Crippen molar-refractivity contribution in [2.24, 2.45) is 5.73 Å². The first kappa shape index (κ1) is 24.5. The topological polar surface area (TPSA) is 136 Å². The molecule has 0 aromatic carbocycles. The number of allylic oxidation sites excluding steroid dienone is 1. The predicted octanol–water partition coefficient (Wildman–Crippen LogP) is 2.24. The number of aliphatic hydroxyl groups excluding tert-OH is 1. The summed E-state index contributed by atoms with van der Waals surface area (Å²) in [6.07, 6.45) is 7.80. The summed E-state index contributed by atoms with van der Waals surface area (Å²) in [7, 11) is 1.63. The average molecular weight is 499 g/mol. The number of nitrogens with two attached hydrogens (primary N) is 1. The summed E-state index contributed by atoms with van der Waals surface area (Å²) in [6, 6.07) is 13.0. The van der Waals surface area contributed by atoms with Crippen LogP contribution in [-0.4, -0.2) is 70.4 Å². The molecule has 6 rings (SSSR count). The van der Waals surface area contributed by atoms with E-state index in [0.717, 1.165) is 42.3 Å². The molecule has 2 unspecified atom stereocenters. The van der Waals surface area contributed by atoms with Gasteiger partial charge in [-0.1, -0.05) is 6.07 Å². The van der Waals surface area contributed by atoms with E-state index in [1.165, 1.54) is 18.2 Å². The van der Waals surface area contributed by atoms with Gasteiger partial charge < -0.3 is 25.8 Å². The molecule has 4 N–H and O–H groups in total. The van der Waals surface area contributed by atoms with Crippen molar-refractivity contribution in [2.45, 2.75) is 25.0 Å². The first-order chi connectivity index (χ1) is 18.1. The van der Waals surface area contributed by atoms with E-state index < -0.39 is 0 Å².